The number of nitrogen functional groups attached to an aromatic ring is 1. The van der Waals surface area contributed by atoms with Crippen LogP contribution >= 0.6 is 0 Å². The minimum atomic E-state index is -0.658. The number of anilines is 1. The Hall–Kier alpha value is -1.55. The number of carboxylic acids is 1. The summed E-state index contributed by atoms with van der Waals surface area (Å²) in [6, 6.07) is 6.14. The van der Waals surface area contributed by atoms with Crippen LogP contribution in [0.4, 0.5) is 5.69 Å². The Kier molecular flexibility index (Phi) is 3.87. The zero-order chi connectivity index (χ0) is 13.1. The van der Waals surface area contributed by atoms with Gasteiger partial charge in [-0.25, -0.2) is 0 Å². The Bertz CT molecular complexity index is 437. The number of carbonyl (C=O) groups is 1. The van der Waals surface area contributed by atoms with Crippen molar-refractivity contribution in [2.24, 2.45) is 5.92 Å². The third-order valence-corrected chi connectivity index (χ3v) is 3.69. The van der Waals surface area contributed by atoms with Gasteiger partial charge in [-0.3, -0.25) is 9.69 Å². The highest BCUT2D eigenvalue weighted by molar-refractivity contribution is 5.70. The van der Waals surface area contributed by atoms with E-state index in [0.717, 1.165) is 43.7 Å². The van der Waals surface area contributed by atoms with Crippen molar-refractivity contribution >= 4 is 11.7 Å². The zero-order valence-electron chi connectivity index (χ0n) is 10.7. The Morgan fingerprint density at radius 3 is 2.67 bits per heavy atom. The summed E-state index contributed by atoms with van der Waals surface area (Å²) in [7, 11) is 0. The van der Waals surface area contributed by atoms with Crippen LogP contribution in [-0.2, 0) is 11.3 Å². The van der Waals surface area contributed by atoms with E-state index < -0.39 is 5.97 Å². The summed E-state index contributed by atoms with van der Waals surface area (Å²) in [5.74, 6) is -0.821. The van der Waals surface area contributed by atoms with Crippen LogP contribution in [0.5, 0.6) is 0 Å². The van der Waals surface area contributed by atoms with E-state index in [2.05, 4.69) is 11.0 Å². The summed E-state index contributed by atoms with van der Waals surface area (Å²) in [5.41, 5.74) is 9.02. The second kappa shape index (κ2) is 5.40. The molecule has 18 heavy (non-hydrogen) atoms. The number of rotatable bonds is 3. The van der Waals surface area contributed by atoms with Gasteiger partial charge in [-0.2, -0.15) is 0 Å². The number of piperidine rings is 1. The summed E-state index contributed by atoms with van der Waals surface area (Å²) in [5, 5.41) is 8.95. The lowest BCUT2D eigenvalue weighted by Gasteiger charge is -2.30. The lowest BCUT2D eigenvalue weighted by atomic mass is 9.96. The average Bonchev–Trinajstić information content (AvgIpc) is 2.34. The van der Waals surface area contributed by atoms with Crippen molar-refractivity contribution in [3.8, 4) is 0 Å². The van der Waals surface area contributed by atoms with E-state index in [0.29, 0.717) is 0 Å². The first-order chi connectivity index (χ1) is 8.56. The second-order valence-electron chi connectivity index (χ2n) is 5.08. The number of benzene rings is 1. The SMILES string of the molecule is Cc1ccc(CN2CCC(C(=O)O)CC2)cc1N. The van der Waals surface area contributed by atoms with Crippen molar-refractivity contribution in [1.82, 2.24) is 4.90 Å². The highest BCUT2D eigenvalue weighted by Gasteiger charge is 2.24. The number of nitrogens with two attached hydrogens (primary N) is 1. The molecule has 0 aromatic heterocycles. The fourth-order valence-electron chi connectivity index (χ4n) is 2.38. The maximum absolute atomic E-state index is 10.9. The molecule has 3 N–H and O–H groups in total. The number of hydrogen-bond acceptors (Lipinski definition) is 3. The van der Waals surface area contributed by atoms with Crippen molar-refractivity contribution < 1.29 is 9.90 Å². The number of likely N-dealkylation sites (tertiary alicyclic amines) is 1. The molecule has 0 aliphatic carbocycles. The van der Waals surface area contributed by atoms with Gasteiger partial charge in [-0.05, 0) is 50.0 Å². The quantitative estimate of drug-likeness (QED) is 0.801. The average molecular weight is 248 g/mol. The van der Waals surface area contributed by atoms with Gasteiger partial charge in [0.1, 0.15) is 0 Å². The van der Waals surface area contributed by atoms with Gasteiger partial charge in [0.2, 0.25) is 0 Å². The molecule has 4 nitrogen and oxygen atoms in total. The molecular weight excluding hydrogens is 228 g/mol. The minimum Gasteiger partial charge on any atom is -0.481 e. The molecular formula is C14H20N2O2. The smallest absolute Gasteiger partial charge is 0.306 e. The van der Waals surface area contributed by atoms with Gasteiger partial charge in [0, 0.05) is 12.2 Å². The van der Waals surface area contributed by atoms with Crippen LogP contribution in [-0.4, -0.2) is 29.1 Å². The Morgan fingerprint density at radius 1 is 1.44 bits per heavy atom. The fourth-order valence-corrected chi connectivity index (χ4v) is 2.38. The predicted molar refractivity (Wildman–Crippen MR) is 71.2 cm³/mol. The standard InChI is InChI=1S/C14H20N2O2/c1-10-2-3-11(8-13(10)15)9-16-6-4-12(5-7-16)14(17)18/h2-3,8,12H,4-7,9,15H2,1H3,(H,17,18). The minimum absolute atomic E-state index is 0.163. The zero-order valence-corrected chi connectivity index (χ0v) is 10.7. The van der Waals surface area contributed by atoms with Crippen LogP contribution in [0.1, 0.15) is 24.0 Å². The molecule has 1 fully saturated rings. The lowest BCUT2D eigenvalue weighted by Crippen LogP contribution is -2.35. The summed E-state index contributed by atoms with van der Waals surface area (Å²) in [6.45, 7) is 4.56. The van der Waals surface area contributed by atoms with E-state index in [4.69, 9.17) is 10.8 Å². The highest BCUT2D eigenvalue weighted by atomic mass is 16.4. The van der Waals surface area contributed by atoms with Gasteiger partial charge >= 0.3 is 5.97 Å². The highest BCUT2D eigenvalue weighted by Crippen LogP contribution is 2.20. The molecule has 1 heterocycles. The van der Waals surface area contributed by atoms with Gasteiger partial charge in [-0.15, -0.1) is 0 Å². The summed E-state index contributed by atoms with van der Waals surface area (Å²) in [4.78, 5) is 13.2. The van der Waals surface area contributed by atoms with Crippen LogP contribution < -0.4 is 5.73 Å². The summed E-state index contributed by atoms with van der Waals surface area (Å²) in [6.07, 6.45) is 1.49. The van der Waals surface area contributed by atoms with E-state index in [1.54, 1.807) is 0 Å². The molecule has 1 aromatic carbocycles. The topological polar surface area (TPSA) is 66.6 Å². The van der Waals surface area contributed by atoms with Crippen LogP contribution in [0.15, 0.2) is 18.2 Å². The van der Waals surface area contributed by atoms with Crippen LogP contribution in [0.3, 0.4) is 0 Å². The molecule has 0 radical (unpaired) electrons. The largest absolute Gasteiger partial charge is 0.481 e. The van der Waals surface area contributed by atoms with E-state index in [-0.39, 0.29) is 5.92 Å². The third kappa shape index (κ3) is 3.01. The molecule has 0 spiro atoms. The van der Waals surface area contributed by atoms with Crippen LogP contribution in [0, 0.1) is 12.8 Å². The molecule has 1 aliphatic rings. The van der Waals surface area contributed by atoms with Gasteiger partial charge < -0.3 is 10.8 Å². The van der Waals surface area contributed by atoms with Crippen molar-refractivity contribution in [2.45, 2.75) is 26.3 Å². The van der Waals surface area contributed by atoms with Crippen LogP contribution in [0.2, 0.25) is 0 Å². The molecule has 0 amide bonds. The number of hydrogen-bond donors (Lipinski definition) is 2. The number of aliphatic carboxylic acids is 1. The Balaban J connectivity index is 1.91. The first-order valence-electron chi connectivity index (χ1n) is 6.36. The maximum Gasteiger partial charge on any atom is 0.306 e. The van der Waals surface area contributed by atoms with Gasteiger partial charge in [0.15, 0.2) is 0 Å². The normalized spacial score (nSPS) is 17.8. The summed E-state index contributed by atoms with van der Waals surface area (Å²) < 4.78 is 0. The molecule has 4 heteroatoms. The summed E-state index contributed by atoms with van der Waals surface area (Å²) >= 11 is 0. The predicted octanol–water partition coefficient (Wildman–Crippen LogP) is 1.87. The molecule has 0 saturated carbocycles. The first kappa shape index (κ1) is 12.9. The van der Waals surface area contributed by atoms with Crippen molar-refractivity contribution in [3.63, 3.8) is 0 Å². The monoisotopic (exact) mass is 248 g/mol. The van der Waals surface area contributed by atoms with E-state index >= 15 is 0 Å². The molecule has 1 aromatic rings. The fraction of sp³-hybridized carbons (Fsp3) is 0.500. The van der Waals surface area contributed by atoms with Crippen molar-refractivity contribution in [2.75, 3.05) is 18.8 Å². The van der Waals surface area contributed by atoms with Gasteiger partial charge in [0.25, 0.3) is 0 Å². The van der Waals surface area contributed by atoms with Crippen LogP contribution in [0.25, 0.3) is 0 Å². The third-order valence-electron chi connectivity index (χ3n) is 3.69. The lowest BCUT2D eigenvalue weighted by molar-refractivity contribution is -0.143. The molecule has 2 rings (SSSR count). The molecule has 98 valence electrons. The second-order valence-corrected chi connectivity index (χ2v) is 5.08. The number of aryl methyl sites for hydroxylation is 1. The molecule has 1 aliphatic heterocycles. The first-order valence-corrected chi connectivity index (χ1v) is 6.36. The Morgan fingerprint density at radius 2 is 2.11 bits per heavy atom. The number of carboxylic acid groups (broad SMARTS) is 1. The Labute approximate surface area is 107 Å². The molecule has 0 atom stereocenters. The molecule has 0 unspecified atom stereocenters. The van der Waals surface area contributed by atoms with E-state index in [1.165, 1.54) is 5.56 Å². The van der Waals surface area contributed by atoms with Gasteiger partial charge in [-0.1, -0.05) is 12.1 Å². The van der Waals surface area contributed by atoms with E-state index in [1.807, 2.05) is 19.1 Å². The molecule has 1 saturated heterocycles. The number of nitrogens with zero attached hydrogens (tertiary/aromatic N) is 1. The van der Waals surface area contributed by atoms with Gasteiger partial charge in [0.05, 0.1) is 5.92 Å². The molecule has 0 bridgehead atoms. The van der Waals surface area contributed by atoms with E-state index in [9.17, 15) is 4.79 Å². The van der Waals surface area contributed by atoms with Crippen molar-refractivity contribution in [1.29, 1.82) is 0 Å². The van der Waals surface area contributed by atoms with Crippen molar-refractivity contribution in [3.05, 3.63) is 29.3 Å². The maximum atomic E-state index is 10.9.